The number of piperidine rings is 1. The van der Waals surface area contributed by atoms with Crippen molar-refractivity contribution in [2.75, 3.05) is 37.7 Å². The molecule has 3 heterocycles. The first-order valence-corrected chi connectivity index (χ1v) is 9.93. The van der Waals surface area contributed by atoms with Crippen molar-refractivity contribution in [3.8, 4) is 6.07 Å². The summed E-state index contributed by atoms with van der Waals surface area (Å²) in [5, 5.41) is 23.2. The van der Waals surface area contributed by atoms with Gasteiger partial charge in [-0.2, -0.15) is 23.5 Å². The topological polar surface area (TPSA) is 85.4 Å². The Morgan fingerprint density at radius 3 is 2.74 bits per heavy atom. The number of nitriles is 1. The van der Waals surface area contributed by atoms with Gasteiger partial charge in [-0.15, -0.1) is 0 Å². The number of likely N-dealkylation sites (tertiary alicyclic amines) is 1. The fraction of sp³-hybridized carbons (Fsp3) is 0.476. The minimum Gasteiger partial charge on any atom is -0.396 e. The summed E-state index contributed by atoms with van der Waals surface area (Å²) < 4.78 is 41.7. The number of halogens is 3. The third kappa shape index (κ3) is 3.63. The number of alkyl halides is 3. The van der Waals surface area contributed by atoms with Crippen molar-refractivity contribution < 1.29 is 23.1 Å². The Morgan fingerprint density at radius 1 is 1.35 bits per heavy atom. The zero-order valence-electron chi connectivity index (χ0n) is 16.9. The Morgan fingerprint density at radius 2 is 2.13 bits per heavy atom. The van der Waals surface area contributed by atoms with Crippen LogP contribution in [0.4, 0.5) is 18.9 Å². The maximum absolute atomic E-state index is 13.4. The first-order chi connectivity index (χ1) is 14.7. The Bertz CT molecular complexity index is 1040. The molecule has 2 aliphatic heterocycles. The number of rotatable bonds is 3. The SMILES string of the molecule is Cn1nccc1C(=O)N1CC[C@@]2(CO)CN(c3ccc(C#N)c(C(F)(F)F)c3)C[C@H]2C1. The molecule has 2 aliphatic rings. The van der Waals surface area contributed by atoms with Crippen LogP contribution in [0.1, 0.15) is 28.0 Å². The summed E-state index contributed by atoms with van der Waals surface area (Å²) in [6.07, 6.45) is -2.53. The lowest BCUT2D eigenvalue weighted by Gasteiger charge is -2.42. The minimum absolute atomic E-state index is 0.0894. The first-order valence-electron chi connectivity index (χ1n) is 9.93. The Balaban J connectivity index is 1.58. The van der Waals surface area contributed by atoms with Crippen LogP contribution in [0.2, 0.25) is 0 Å². The number of anilines is 1. The van der Waals surface area contributed by atoms with Crippen LogP contribution in [0, 0.1) is 22.7 Å². The number of benzene rings is 1. The third-order valence-electron chi connectivity index (χ3n) is 6.57. The normalized spacial score (nSPS) is 23.5. The Kier molecular flexibility index (Phi) is 5.17. The van der Waals surface area contributed by atoms with Gasteiger partial charge in [-0.1, -0.05) is 0 Å². The number of carbonyl (C=O) groups excluding carboxylic acids is 1. The van der Waals surface area contributed by atoms with E-state index in [4.69, 9.17) is 5.26 Å². The number of amides is 1. The summed E-state index contributed by atoms with van der Waals surface area (Å²) in [7, 11) is 1.69. The molecule has 1 aromatic carbocycles. The van der Waals surface area contributed by atoms with Crippen molar-refractivity contribution in [2.24, 2.45) is 18.4 Å². The summed E-state index contributed by atoms with van der Waals surface area (Å²) in [5.41, 5.74) is -1.05. The van der Waals surface area contributed by atoms with Crippen molar-refractivity contribution in [3.05, 3.63) is 47.3 Å². The quantitative estimate of drug-likeness (QED) is 0.803. The molecule has 0 saturated carbocycles. The van der Waals surface area contributed by atoms with Gasteiger partial charge >= 0.3 is 6.18 Å². The van der Waals surface area contributed by atoms with Gasteiger partial charge in [0.2, 0.25) is 0 Å². The second-order valence-electron chi connectivity index (χ2n) is 8.28. The number of carbonyl (C=O) groups is 1. The molecule has 10 heteroatoms. The maximum atomic E-state index is 13.4. The van der Waals surface area contributed by atoms with Crippen molar-refractivity contribution in [1.82, 2.24) is 14.7 Å². The number of fused-ring (bicyclic) bond motifs is 1. The molecular weight excluding hydrogens is 411 g/mol. The van der Waals surface area contributed by atoms with Gasteiger partial charge in [-0.3, -0.25) is 9.48 Å². The standard InChI is InChI=1S/C21H22F3N5O2/c1-27-18(4-6-26-27)19(31)28-7-5-20(13-30)12-29(11-15(20)10-28)16-3-2-14(9-25)17(8-16)21(22,23)24/h2-4,6,8,15,30H,5,7,10-13H2,1H3/t15-,20+/m1/s1. The van der Waals surface area contributed by atoms with E-state index in [1.54, 1.807) is 30.3 Å². The minimum atomic E-state index is -4.63. The second-order valence-corrected chi connectivity index (χ2v) is 8.28. The lowest BCUT2D eigenvalue weighted by molar-refractivity contribution is -0.137. The van der Waals surface area contributed by atoms with Crippen LogP contribution >= 0.6 is 0 Å². The fourth-order valence-electron chi connectivity index (χ4n) is 4.73. The van der Waals surface area contributed by atoms with Gasteiger partial charge in [-0.05, 0) is 30.7 Å². The second kappa shape index (κ2) is 7.57. The van der Waals surface area contributed by atoms with Gasteiger partial charge in [0, 0.05) is 56.4 Å². The van der Waals surface area contributed by atoms with Crippen LogP contribution < -0.4 is 4.90 Å². The van der Waals surface area contributed by atoms with E-state index in [2.05, 4.69) is 5.10 Å². The average Bonchev–Trinajstić information content (AvgIpc) is 3.35. The number of aliphatic hydroxyl groups is 1. The van der Waals surface area contributed by atoms with Crippen molar-refractivity contribution in [3.63, 3.8) is 0 Å². The van der Waals surface area contributed by atoms with E-state index in [-0.39, 0.29) is 18.4 Å². The predicted octanol–water partition coefficient (Wildman–Crippen LogP) is 2.27. The average molecular weight is 433 g/mol. The lowest BCUT2D eigenvalue weighted by atomic mass is 9.73. The molecule has 0 spiro atoms. The first kappa shape index (κ1) is 21.2. The molecular formula is C21H22F3N5O2. The molecule has 2 atom stereocenters. The zero-order valence-corrected chi connectivity index (χ0v) is 16.9. The summed E-state index contributed by atoms with van der Waals surface area (Å²) >= 11 is 0. The van der Waals surface area contributed by atoms with Gasteiger partial charge in [0.25, 0.3) is 5.91 Å². The molecule has 2 saturated heterocycles. The molecule has 0 unspecified atom stereocenters. The van der Waals surface area contributed by atoms with E-state index in [1.807, 2.05) is 4.90 Å². The van der Waals surface area contributed by atoms with E-state index < -0.39 is 22.7 Å². The highest BCUT2D eigenvalue weighted by molar-refractivity contribution is 5.92. The van der Waals surface area contributed by atoms with Crippen molar-refractivity contribution >= 4 is 11.6 Å². The number of aliphatic hydroxyl groups excluding tert-OH is 1. The monoisotopic (exact) mass is 433 g/mol. The molecule has 2 fully saturated rings. The van der Waals surface area contributed by atoms with Gasteiger partial charge in [0.05, 0.1) is 23.8 Å². The molecule has 0 radical (unpaired) electrons. The van der Waals surface area contributed by atoms with Crippen LogP contribution in [-0.4, -0.2) is 58.5 Å². The molecule has 1 aromatic heterocycles. The molecule has 31 heavy (non-hydrogen) atoms. The van der Waals surface area contributed by atoms with Crippen molar-refractivity contribution in [1.29, 1.82) is 5.26 Å². The van der Waals surface area contributed by atoms with Crippen molar-refractivity contribution in [2.45, 2.75) is 12.6 Å². The lowest BCUT2D eigenvalue weighted by Crippen LogP contribution is -2.50. The van der Waals surface area contributed by atoms with Crippen LogP contribution in [0.5, 0.6) is 0 Å². The Hall–Kier alpha value is -3.06. The van der Waals surface area contributed by atoms with Gasteiger partial charge in [0.1, 0.15) is 5.69 Å². The number of aryl methyl sites for hydroxylation is 1. The highest BCUT2D eigenvalue weighted by Gasteiger charge is 2.50. The number of hydrogen-bond donors (Lipinski definition) is 1. The van der Waals surface area contributed by atoms with E-state index in [0.29, 0.717) is 44.0 Å². The molecule has 164 valence electrons. The summed E-state index contributed by atoms with van der Waals surface area (Å²) in [5.74, 6) is -0.240. The smallest absolute Gasteiger partial charge is 0.396 e. The number of aromatic nitrogens is 2. The summed E-state index contributed by atoms with van der Waals surface area (Å²) in [6, 6.07) is 6.93. The largest absolute Gasteiger partial charge is 0.417 e. The van der Waals surface area contributed by atoms with Crippen LogP contribution in [0.25, 0.3) is 0 Å². The third-order valence-corrected chi connectivity index (χ3v) is 6.57. The van der Waals surface area contributed by atoms with E-state index >= 15 is 0 Å². The van der Waals surface area contributed by atoms with E-state index in [0.717, 1.165) is 6.07 Å². The number of hydrogen-bond acceptors (Lipinski definition) is 5. The molecule has 1 amide bonds. The molecule has 2 aromatic rings. The highest BCUT2D eigenvalue weighted by atomic mass is 19.4. The predicted molar refractivity (Wildman–Crippen MR) is 105 cm³/mol. The highest BCUT2D eigenvalue weighted by Crippen LogP contribution is 2.45. The Labute approximate surface area is 177 Å². The summed E-state index contributed by atoms with van der Waals surface area (Å²) in [6.45, 7) is 1.56. The van der Waals surface area contributed by atoms with Gasteiger partial charge < -0.3 is 14.9 Å². The van der Waals surface area contributed by atoms with Gasteiger partial charge in [-0.25, -0.2) is 0 Å². The molecule has 0 aliphatic carbocycles. The van der Waals surface area contributed by atoms with E-state index in [1.165, 1.54) is 16.8 Å². The zero-order chi connectivity index (χ0) is 22.4. The molecule has 1 N–H and O–H groups in total. The molecule has 7 nitrogen and oxygen atoms in total. The van der Waals surface area contributed by atoms with E-state index in [9.17, 15) is 23.1 Å². The van der Waals surface area contributed by atoms with Gasteiger partial charge in [0.15, 0.2) is 0 Å². The summed E-state index contributed by atoms with van der Waals surface area (Å²) in [4.78, 5) is 16.4. The fourth-order valence-corrected chi connectivity index (χ4v) is 4.73. The van der Waals surface area contributed by atoms with Crippen LogP contribution in [-0.2, 0) is 13.2 Å². The molecule has 4 rings (SSSR count). The molecule has 0 bridgehead atoms. The van der Waals surface area contributed by atoms with Crippen LogP contribution in [0.3, 0.4) is 0 Å². The maximum Gasteiger partial charge on any atom is 0.417 e. The number of nitrogens with zero attached hydrogens (tertiary/aromatic N) is 5. The van der Waals surface area contributed by atoms with Crippen LogP contribution in [0.15, 0.2) is 30.5 Å².